The minimum absolute atomic E-state index is 0.254. The summed E-state index contributed by atoms with van der Waals surface area (Å²) in [5.74, 6) is 1.89. The second-order valence-electron chi connectivity index (χ2n) is 7.28. The fourth-order valence-electron chi connectivity index (χ4n) is 3.80. The Morgan fingerprint density at radius 3 is 2.45 bits per heavy atom. The van der Waals surface area contributed by atoms with Crippen LogP contribution in [-0.4, -0.2) is 52.8 Å². The first-order valence-corrected chi connectivity index (χ1v) is 9.88. The molecule has 2 aromatic heterocycles. The summed E-state index contributed by atoms with van der Waals surface area (Å²) < 4.78 is 5.49. The van der Waals surface area contributed by atoms with Crippen molar-refractivity contribution in [1.29, 1.82) is 0 Å². The lowest BCUT2D eigenvalue weighted by atomic mass is 10.00. The number of benzene rings is 1. The highest BCUT2D eigenvalue weighted by molar-refractivity contribution is 5.64. The van der Waals surface area contributed by atoms with E-state index in [4.69, 9.17) is 20.4 Å². The minimum atomic E-state index is 0.254. The lowest BCUT2D eigenvalue weighted by Crippen LogP contribution is -2.38. The Kier molecular flexibility index (Phi) is 4.69. The Hall–Kier alpha value is -3.26. The van der Waals surface area contributed by atoms with E-state index in [1.165, 1.54) is 11.1 Å². The Morgan fingerprint density at radius 2 is 1.66 bits per heavy atom. The van der Waals surface area contributed by atoms with Crippen molar-refractivity contribution >= 4 is 17.7 Å². The number of hydrogen-bond donors (Lipinski definition) is 1. The Labute approximate surface area is 169 Å². The highest BCUT2D eigenvalue weighted by atomic mass is 16.5. The number of hydrogen-bond acceptors (Lipinski definition) is 8. The van der Waals surface area contributed by atoms with Crippen LogP contribution in [0.1, 0.15) is 11.1 Å². The summed E-state index contributed by atoms with van der Waals surface area (Å²) in [5.41, 5.74) is 10.1. The molecule has 2 aliphatic heterocycles. The molecule has 0 amide bonds. The van der Waals surface area contributed by atoms with Crippen LogP contribution in [0.15, 0.2) is 42.7 Å². The van der Waals surface area contributed by atoms with Gasteiger partial charge in [0.1, 0.15) is 5.82 Å². The molecule has 5 rings (SSSR count). The number of anilines is 3. The molecule has 8 nitrogen and oxygen atoms in total. The average molecular weight is 389 g/mol. The fourth-order valence-corrected chi connectivity index (χ4v) is 3.80. The summed E-state index contributed by atoms with van der Waals surface area (Å²) in [6, 6.07) is 10.6. The summed E-state index contributed by atoms with van der Waals surface area (Å²) in [5, 5.41) is 0. The smallest absolute Gasteiger partial charge is 0.228 e. The fraction of sp³-hybridized carbons (Fsp3) is 0.333. The molecule has 0 spiro atoms. The maximum absolute atomic E-state index is 5.66. The number of rotatable bonds is 3. The molecule has 2 N–H and O–H groups in total. The number of ether oxygens (including phenoxy) is 1. The number of nitrogen functional groups attached to an aromatic ring is 1. The number of fused-ring (bicyclic) bond motifs is 1. The van der Waals surface area contributed by atoms with E-state index in [0.717, 1.165) is 55.6 Å². The van der Waals surface area contributed by atoms with Gasteiger partial charge in [-0.25, -0.2) is 15.0 Å². The zero-order valence-electron chi connectivity index (χ0n) is 16.2. The molecule has 1 saturated heterocycles. The van der Waals surface area contributed by atoms with Gasteiger partial charge in [0.15, 0.2) is 0 Å². The van der Waals surface area contributed by atoms with Crippen molar-refractivity contribution in [2.24, 2.45) is 0 Å². The van der Waals surface area contributed by atoms with Crippen LogP contribution >= 0.6 is 0 Å². The largest absolute Gasteiger partial charge is 0.378 e. The van der Waals surface area contributed by atoms with Gasteiger partial charge in [-0.1, -0.05) is 24.3 Å². The molecule has 0 aliphatic carbocycles. The molecule has 0 atom stereocenters. The van der Waals surface area contributed by atoms with Gasteiger partial charge >= 0.3 is 0 Å². The van der Waals surface area contributed by atoms with E-state index in [9.17, 15) is 0 Å². The maximum atomic E-state index is 5.66. The van der Waals surface area contributed by atoms with Gasteiger partial charge < -0.3 is 20.3 Å². The van der Waals surface area contributed by atoms with Crippen molar-refractivity contribution in [2.75, 3.05) is 48.4 Å². The molecule has 0 bridgehead atoms. The predicted octanol–water partition coefficient (Wildman–Crippen LogP) is 1.92. The maximum Gasteiger partial charge on any atom is 0.228 e. The predicted molar refractivity (Wildman–Crippen MR) is 112 cm³/mol. The second-order valence-corrected chi connectivity index (χ2v) is 7.28. The van der Waals surface area contributed by atoms with Crippen LogP contribution in [0.2, 0.25) is 0 Å². The molecule has 0 saturated carbocycles. The van der Waals surface area contributed by atoms with Gasteiger partial charge in [0.2, 0.25) is 11.9 Å². The molecular weight excluding hydrogens is 366 g/mol. The third kappa shape index (κ3) is 3.71. The standard InChI is InChI=1S/C21H23N7O/c22-20-23-12-17(13-24-20)18-11-19(26-21(25-18)27-7-9-29-10-8-27)28-6-5-15-3-1-2-4-16(15)14-28/h1-4,11-13H,5-10,14H2,(H2,22,23,24). The van der Waals surface area contributed by atoms with E-state index in [-0.39, 0.29) is 5.95 Å². The van der Waals surface area contributed by atoms with Crippen molar-refractivity contribution in [2.45, 2.75) is 13.0 Å². The van der Waals surface area contributed by atoms with Gasteiger partial charge in [-0.15, -0.1) is 0 Å². The summed E-state index contributed by atoms with van der Waals surface area (Å²) in [6.45, 7) is 4.70. The van der Waals surface area contributed by atoms with Crippen LogP contribution in [-0.2, 0) is 17.7 Å². The third-order valence-corrected chi connectivity index (χ3v) is 5.42. The van der Waals surface area contributed by atoms with E-state index in [0.29, 0.717) is 13.2 Å². The minimum Gasteiger partial charge on any atom is -0.378 e. The lowest BCUT2D eigenvalue weighted by Gasteiger charge is -2.32. The van der Waals surface area contributed by atoms with Gasteiger partial charge in [-0.3, -0.25) is 0 Å². The molecule has 1 fully saturated rings. The van der Waals surface area contributed by atoms with Gasteiger partial charge in [-0.2, -0.15) is 4.98 Å². The Bertz CT molecular complexity index is 1000. The van der Waals surface area contributed by atoms with Crippen LogP contribution in [0.4, 0.5) is 17.7 Å². The topological polar surface area (TPSA) is 93.3 Å². The molecule has 2 aliphatic rings. The van der Waals surface area contributed by atoms with Crippen LogP contribution in [0.25, 0.3) is 11.3 Å². The second kappa shape index (κ2) is 7.63. The first-order valence-electron chi connectivity index (χ1n) is 9.88. The molecular formula is C21H23N7O. The van der Waals surface area contributed by atoms with Crippen molar-refractivity contribution in [3.05, 3.63) is 53.9 Å². The van der Waals surface area contributed by atoms with Gasteiger partial charge in [0, 0.05) is 50.2 Å². The summed E-state index contributed by atoms with van der Waals surface area (Å²) in [4.78, 5) is 22.5. The van der Waals surface area contributed by atoms with E-state index >= 15 is 0 Å². The molecule has 0 radical (unpaired) electrons. The first kappa shape index (κ1) is 17.8. The average Bonchev–Trinajstić information content (AvgIpc) is 2.79. The van der Waals surface area contributed by atoms with Crippen molar-refractivity contribution < 1.29 is 4.74 Å². The van der Waals surface area contributed by atoms with Crippen molar-refractivity contribution in [3.8, 4) is 11.3 Å². The van der Waals surface area contributed by atoms with Crippen LogP contribution < -0.4 is 15.5 Å². The van der Waals surface area contributed by atoms with Crippen molar-refractivity contribution in [3.63, 3.8) is 0 Å². The number of aromatic nitrogens is 4. The number of nitrogens with two attached hydrogens (primary N) is 1. The van der Waals surface area contributed by atoms with Crippen LogP contribution in [0, 0.1) is 0 Å². The van der Waals surface area contributed by atoms with Gasteiger partial charge in [0.25, 0.3) is 0 Å². The summed E-state index contributed by atoms with van der Waals surface area (Å²) in [7, 11) is 0. The zero-order chi connectivity index (χ0) is 19.6. The van der Waals surface area contributed by atoms with Gasteiger partial charge in [0.05, 0.1) is 18.9 Å². The lowest BCUT2D eigenvalue weighted by molar-refractivity contribution is 0.122. The number of morpholine rings is 1. The normalized spacial score (nSPS) is 16.6. The summed E-state index contributed by atoms with van der Waals surface area (Å²) >= 11 is 0. The van der Waals surface area contributed by atoms with Crippen molar-refractivity contribution in [1.82, 2.24) is 19.9 Å². The SMILES string of the molecule is Nc1ncc(-c2cc(N3CCc4ccccc4C3)nc(N3CCOCC3)n2)cn1. The van der Waals surface area contributed by atoms with E-state index < -0.39 is 0 Å². The molecule has 3 aromatic rings. The molecule has 148 valence electrons. The highest BCUT2D eigenvalue weighted by Crippen LogP contribution is 2.28. The molecule has 1 aromatic carbocycles. The monoisotopic (exact) mass is 389 g/mol. The van der Waals surface area contributed by atoms with E-state index in [1.807, 2.05) is 6.07 Å². The quantitative estimate of drug-likeness (QED) is 0.726. The number of nitrogens with zero attached hydrogens (tertiary/aromatic N) is 6. The van der Waals surface area contributed by atoms with Crippen LogP contribution in [0.3, 0.4) is 0 Å². The Morgan fingerprint density at radius 1 is 0.897 bits per heavy atom. The molecule has 0 unspecified atom stereocenters. The highest BCUT2D eigenvalue weighted by Gasteiger charge is 2.21. The first-order chi connectivity index (χ1) is 14.3. The Balaban J connectivity index is 1.53. The summed E-state index contributed by atoms with van der Waals surface area (Å²) in [6.07, 6.45) is 4.43. The third-order valence-electron chi connectivity index (χ3n) is 5.42. The van der Waals surface area contributed by atoms with E-state index in [2.05, 4.69) is 44.0 Å². The van der Waals surface area contributed by atoms with E-state index in [1.54, 1.807) is 12.4 Å². The van der Waals surface area contributed by atoms with Crippen LogP contribution in [0.5, 0.6) is 0 Å². The molecule has 8 heteroatoms. The van der Waals surface area contributed by atoms with Gasteiger partial charge in [-0.05, 0) is 17.5 Å². The zero-order valence-corrected chi connectivity index (χ0v) is 16.2. The molecule has 4 heterocycles. The molecule has 29 heavy (non-hydrogen) atoms.